The van der Waals surface area contributed by atoms with E-state index in [1.54, 1.807) is 18.2 Å². The molecule has 0 atom stereocenters. The number of carbonyl (C=O) groups is 2. The first-order valence-electron chi connectivity index (χ1n) is 8.75. The zero-order chi connectivity index (χ0) is 19.4. The number of Topliss-reactive ketones (excluding diaryl/α,β-unsaturated/α-hetero) is 1. The van der Waals surface area contributed by atoms with Crippen LogP contribution in [0.4, 0.5) is 20.2 Å². The second-order valence-electron chi connectivity index (χ2n) is 6.54. The van der Waals surface area contributed by atoms with Crippen LogP contribution in [0, 0.1) is 11.6 Å². The molecule has 5 nitrogen and oxygen atoms in total. The molecule has 0 bridgehead atoms. The fraction of sp³-hybridized carbons (Fsp3) is 0.300. The second-order valence-corrected chi connectivity index (χ2v) is 6.54. The number of ketones is 1. The lowest BCUT2D eigenvalue weighted by molar-refractivity contribution is -0.117. The van der Waals surface area contributed by atoms with E-state index in [1.807, 2.05) is 9.80 Å². The molecule has 0 radical (unpaired) electrons. The highest BCUT2D eigenvalue weighted by Crippen LogP contribution is 2.22. The smallest absolute Gasteiger partial charge is 0.238 e. The zero-order valence-corrected chi connectivity index (χ0v) is 15.0. The van der Waals surface area contributed by atoms with Crippen molar-refractivity contribution >= 4 is 23.1 Å². The number of halogens is 2. The minimum Gasteiger partial charge on any atom is -0.367 e. The number of piperazine rings is 1. The number of hydrogen-bond acceptors (Lipinski definition) is 4. The predicted molar refractivity (Wildman–Crippen MR) is 100 cm³/mol. The molecule has 7 heteroatoms. The van der Waals surface area contributed by atoms with E-state index in [9.17, 15) is 18.4 Å². The third-order valence-corrected chi connectivity index (χ3v) is 4.54. The number of hydrogen-bond donors (Lipinski definition) is 1. The minimum absolute atomic E-state index is 0.172. The second kappa shape index (κ2) is 8.26. The van der Waals surface area contributed by atoms with E-state index in [2.05, 4.69) is 5.32 Å². The van der Waals surface area contributed by atoms with Gasteiger partial charge in [-0.3, -0.25) is 14.5 Å². The van der Waals surface area contributed by atoms with E-state index in [0.29, 0.717) is 43.1 Å². The first-order valence-corrected chi connectivity index (χ1v) is 8.75. The van der Waals surface area contributed by atoms with Crippen molar-refractivity contribution in [2.45, 2.75) is 6.92 Å². The van der Waals surface area contributed by atoms with Crippen LogP contribution < -0.4 is 10.2 Å². The molecule has 0 spiro atoms. The lowest BCUT2D eigenvalue weighted by Crippen LogP contribution is -2.48. The number of nitrogens with one attached hydrogen (secondary N) is 1. The molecule has 0 unspecified atom stereocenters. The molecule has 1 N–H and O–H groups in total. The van der Waals surface area contributed by atoms with Gasteiger partial charge in [-0.1, -0.05) is 6.07 Å². The molecule has 1 aliphatic rings. The van der Waals surface area contributed by atoms with Crippen molar-refractivity contribution in [2.75, 3.05) is 42.9 Å². The number of rotatable bonds is 5. The standard InChI is InChI=1S/C20H21F2N3O2/c1-14(26)15-5-6-19(18(22)11-15)25-9-7-24(8-10-25)13-20(27)23-17-4-2-3-16(21)12-17/h2-6,11-12H,7-10,13H2,1H3,(H,23,27). The van der Waals surface area contributed by atoms with Crippen LogP contribution in [0.3, 0.4) is 0 Å². The summed E-state index contributed by atoms with van der Waals surface area (Å²) in [7, 11) is 0. The molecular formula is C20H21F2N3O2. The van der Waals surface area contributed by atoms with Gasteiger partial charge in [-0.15, -0.1) is 0 Å². The van der Waals surface area contributed by atoms with Crippen molar-refractivity contribution in [3.8, 4) is 0 Å². The molecule has 0 saturated carbocycles. The van der Waals surface area contributed by atoms with Gasteiger partial charge < -0.3 is 10.2 Å². The van der Waals surface area contributed by atoms with E-state index in [-0.39, 0.29) is 18.2 Å². The summed E-state index contributed by atoms with van der Waals surface area (Å²) in [6.45, 7) is 3.94. The number of amides is 1. The van der Waals surface area contributed by atoms with Gasteiger partial charge in [-0.05, 0) is 43.3 Å². The molecule has 1 amide bonds. The third kappa shape index (κ3) is 4.89. The van der Waals surface area contributed by atoms with Crippen LogP contribution in [0.25, 0.3) is 0 Å². The van der Waals surface area contributed by atoms with Gasteiger partial charge in [0.2, 0.25) is 5.91 Å². The van der Waals surface area contributed by atoms with Crippen LogP contribution >= 0.6 is 0 Å². The van der Waals surface area contributed by atoms with Gasteiger partial charge in [0.05, 0.1) is 12.2 Å². The lowest BCUT2D eigenvalue weighted by Gasteiger charge is -2.35. The first kappa shape index (κ1) is 19.0. The fourth-order valence-electron chi connectivity index (χ4n) is 3.10. The SMILES string of the molecule is CC(=O)c1ccc(N2CCN(CC(=O)Nc3cccc(F)c3)CC2)c(F)c1. The van der Waals surface area contributed by atoms with Gasteiger partial charge in [0, 0.05) is 37.4 Å². The summed E-state index contributed by atoms with van der Waals surface area (Å²) in [6, 6.07) is 10.3. The Morgan fingerprint density at radius 2 is 1.78 bits per heavy atom. The minimum atomic E-state index is -0.417. The normalized spacial score (nSPS) is 14.9. The van der Waals surface area contributed by atoms with Gasteiger partial charge in [0.1, 0.15) is 11.6 Å². The molecule has 1 saturated heterocycles. The highest BCUT2D eigenvalue weighted by molar-refractivity contribution is 5.94. The fourth-order valence-corrected chi connectivity index (χ4v) is 3.10. The van der Waals surface area contributed by atoms with Crippen molar-refractivity contribution in [1.82, 2.24) is 4.90 Å². The maximum atomic E-state index is 14.3. The monoisotopic (exact) mass is 373 g/mol. The van der Waals surface area contributed by atoms with Crippen LogP contribution in [0.1, 0.15) is 17.3 Å². The van der Waals surface area contributed by atoms with E-state index in [0.717, 1.165) is 0 Å². The maximum absolute atomic E-state index is 14.3. The quantitative estimate of drug-likeness (QED) is 0.819. The molecule has 1 heterocycles. The number of nitrogens with zero attached hydrogens (tertiary/aromatic N) is 2. The van der Waals surface area contributed by atoms with Crippen molar-refractivity contribution < 1.29 is 18.4 Å². The summed E-state index contributed by atoms with van der Waals surface area (Å²) in [5.41, 5.74) is 1.24. The van der Waals surface area contributed by atoms with Crippen LogP contribution in [-0.4, -0.2) is 49.3 Å². The molecule has 2 aromatic carbocycles. The van der Waals surface area contributed by atoms with Crippen LogP contribution in [0.15, 0.2) is 42.5 Å². The lowest BCUT2D eigenvalue weighted by atomic mass is 10.1. The zero-order valence-electron chi connectivity index (χ0n) is 15.0. The third-order valence-electron chi connectivity index (χ3n) is 4.54. The first-order chi connectivity index (χ1) is 12.9. The summed E-state index contributed by atoms with van der Waals surface area (Å²) >= 11 is 0. The van der Waals surface area contributed by atoms with Gasteiger partial charge >= 0.3 is 0 Å². The van der Waals surface area contributed by atoms with E-state index >= 15 is 0 Å². The Hall–Kier alpha value is -2.80. The van der Waals surface area contributed by atoms with Crippen molar-refractivity contribution in [1.29, 1.82) is 0 Å². The van der Waals surface area contributed by atoms with Crippen molar-refractivity contribution in [3.63, 3.8) is 0 Å². The summed E-state index contributed by atoms with van der Waals surface area (Å²) < 4.78 is 27.4. The molecule has 142 valence electrons. The highest BCUT2D eigenvalue weighted by Gasteiger charge is 2.21. The van der Waals surface area contributed by atoms with Crippen LogP contribution in [-0.2, 0) is 4.79 Å². The van der Waals surface area contributed by atoms with Crippen molar-refractivity contribution in [3.05, 3.63) is 59.7 Å². The number of anilines is 2. The van der Waals surface area contributed by atoms with Gasteiger partial charge in [-0.25, -0.2) is 8.78 Å². The molecule has 2 aromatic rings. The number of benzene rings is 2. The van der Waals surface area contributed by atoms with E-state index in [4.69, 9.17) is 0 Å². The Balaban J connectivity index is 1.53. The average Bonchev–Trinajstić information content (AvgIpc) is 2.62. The van der Waals surface area contributed by atoms with Crippen LogP contribution in [0.5, 0.6) is 0 Å². The van der Waals surface area contributed by atoms with Crippen molar-refractivity contribution in [2.24, 2.45) is 0 Å². The summed E-state index contributed by atoms with van der Waals surface area (Å²) in [6.07, 6.45) is 0. The molecular weight excluding hydrogens is 352 g/mol. The average molecular weight is 373 g/mol. The molecule has 0 aliphatic carbocycles. The molecule has 0 aromatic heterocycles. The predicted octanol–water partition coefficient (Wildman–Crippen LogP) is 2.93. The molecule has 27 heavy (non-hydrogen) atoms. The van der Waals surface area contributed by atoms with Gasteiger partial charge in [0.25, 0.3) is 0 Å². The largest absolute Gasteiger partial charge is 0.367 e. The van der Waals surface area contributed by atoms with E-state index < -0.39 is 11.6 Å². The topological polar surface area (TPSA) is 52.7 Å². The highest BCUT2D eigenvalue weighted by atomic mass is 19.1. The Morgan fingerprint density at radius 3 is 2.41 bits per heavy atom. The number of carbonyl (C=O) groups excluding carboxylic acids is 2. The molecule has 1 fully saturated rings. The Bertz CT molecular complexity index is 849. The summed E-state index contributed by atoms with van der Waals surface area (Å²) in [5, 5.41) is 2.67. The summed E-state index contributed by atoms with van der Waals surface area (Å²) in [4.78, 5) is 27.3. The van der Waals surface area contributed by atoms with E-state index in [1.165, 1.54) is 31.2 Å². The van der Waals surface area contributed by atoms with Crippen LogP contribution in [0.2, 0.25) is 0 Å². The van der Waals surface area contributed by atoms with Gasteiger partial charge in [-0.2, -0.15) is 0 Å². The van der Waals surface area contributed by atoms with Gasteiger partial charge in [0.15, 0.2) is 5.78 Å². The summed E-state index contributed by atoms with van der Waals surface area (Å²) in [5.74, 6) is -1.21. The Kier molecular flexibility index (Phi) is 5.81. The Morgan fingerprint density at radius 1 is 1.04 bits per heavy atom. The maximum Gasteiger partial charge on any atom is 0.238 e. The molecule has 1 aliphatic heterocycles. The Labute approximate surface area is 156 Å². The molecule has 3 rings (SSSR count).